The maximum absolute atomic E-state index is 6.66. The fraction of sp³-hybridized carbons (Fsp3) is 0.613. The third kappa shape index (κ3) is 6.73. The maximum atomic E-state index is 6.66. The van der Waals surface area contributed by atoms with Crippen molar-refractivity contribution >= 4 is 11.8 Å². The molecule has 0 amide bonds. The molecule has 2 saturated heterocycles. The van der Waals surface area contributed by atoms with Gasteiger partial charge in [0.25, 0.3) is 0 Å². The van der Waals surface area contributed by atoms with Crippen LogP contribution in [0.1, 0.15) is 47.1 Å². The Hall–Kier alpha value is -1.37. The van der Waals surface area contributed by atoms with Gasteiger partial charge in [0.15, 0.2) is 6.29 Å². The molecule has 2 aromatic rings. The van der Waals surface area contributed by atoms with Gasteiger partial charge < -0.3 is 18.9 Å². The van der Waals surface area contributed by atoms with Crippen molar-refractivity contribution < 1.29 is 18.9 Å². The summed E-state index contributed by atoms with van der Waals surface area (Å²) in [5, 5.41) is 0. The number of rotatable bonds is 9. The first-order chi connectivity index (χ1) is 17.3. The fourth-order valence-electron chi connectivity index (χ4n) is 5.37. The first-order valence-corrected chi connectivity index (χ1v) is 14.5. The molecular weight excluding hydrogens is 468 g/mol. The SMILES string of the molecule is CC1[C@@H](OCC2O[C@@H](Sc3ccccc3)C(C)[C@@H](C)[C@@H]2C)OC(COCc2ccccc2)[C@@H](C)[C@@H]1C. The standard InChI is InChI=1S/C31H44O4S/c1-20-22(3)28(18-32-17-26-13-9-7-10-14-26)34-30(24(20)5)33-19-29-23(4)21(2)25(6)31(35-29)36-27-15-11-8-12-16-27/h7-16,20-25,28-31H,17-19H2,1-6H3/t20-,21-,22-,23-,24?,25?,28?,29?,30-,31-/m0/s1. The molecule has 4 nitrogen and oxygen atoms in total. The van der Waals surface area contributed by atoms with Crippen molar-refractivity contribution in [1.29, 1.82) is 0 Å². The number of thioether (sulfide) groups is 1. The van der Waals surface area contributed by atoms with Crippen LogP contribution in [0, 0.1) is 35.5 Å². The van der Waals surface area contributed by atoms with E-state index in [1.165, 1.54) is 10.5 Å². The second kappa shape index (κ2) is 12.9. The van der Waals surface area contributed by atoms with Crippen LogP contribution in [0.5, 0.6) is 0 Å². The zero-order chi connectivity index (χ0) is 25.7. The van der Waals surface area contributed by atoms with E-state index in [0.717, 1.165) is 0 Å². The summed E-state index contributed by atoms with van der Waals surface area (Å²) in [5.41, 5.74) is 1.31. The fourth-order valence-corrected chi connectivity index (χ4v) is 6.61. The van der Waals surface area contributed by atoms with Crippen molar-refractivity contribution in [3.8, 4) is 0 Å². The Morgan fingerprint density at radius 1 is 0.639 bits per heavy atom. The highest BCUT2D eigenvalue weighted by atomic mass is 32.2. The normalized spacial score (nSPS) is 37.1. The van der Waals surface area contributed by atoms with Crippen LogP contribution in [0.4, 0.5) is 0 Å². The molecule has 4 rings (SSSR count). The first-order valence-electron chi connectivity index (χ1n) is 13.6. The molecule has 0 spiro atoms. The summed E-state index contributed by atoms with van der Waals surface area (Å²) in [5.74, 6) is 2.66. The van der Waals surface area contributed by atoms with Crippen LogP contribution in [0.3, 0.4) is 0 Å². The smallest absolute Gasteiger partial charge is 0.160 e. The van der Waals surface area contributed by atoms with E-state index in [9.17, 15) is 0 Å². The highest BCUT2D eigenvalue weighted by Gasteiger charge is 2.43. The topological polar surface area (TPSA) is 36.9 Å². The van der Waals surface area contributed by atoms with E-state index >= 15 is 0 Å². The van der Waals surface area contributed by atoms with Crippen LogP contribution in [0.15, 0.2) is 65.6 Å². The van der Waals surface area contributed by atoms with Crippen LogP contribution in [-0.4, -0.2) is 37.1 Å². The number of hydrogen-bond acceptors (Lipinski definition) is 5. The molecule has 198 valence electrons. The third-order valence-electron chi connectivity index (χ3n) is 8.78. The lowest BCUT2D eigenvalue weighted by molar-refractivity contribution is -0.270. The van der Waals surface area contributed by atoms with Crippen molar-refractivity contribution in [2.24, 2.45) is 35.5 Å². The van der Waals surface area contributed by atoms with E-state index in [1.54, 1.807) is 0 Å². The molecule has 2 aromatic carbocycles. The van der Waals surface area contributed by atoms with E-state index in [1.807, 2.05) is 30.0 Å². The third-order valence-corrected chi connectivity index (χ3v) is 10.1. The molecule has 10 atom stereocenters. The van der Waals surface area contributed by atoms with Crippen molar-refractivity contribution in [3.63, 3.8) is 0 Å². The molecule has 36 heavy (non-hydrogen) atoms. The maximum Gasteiger partial charge on any atom is 0.160 e. The number of hydrogen-bond donors (Lipinski definition) is 0. The van der Waals surface area contributed by atoms with Crippen LogP contribution in [0.25, 0.3) is 0 Å². The Bertz CT molecular complexity index is 909. The molecule has 0 aromatic heterocycles. The molecule has 2 fully saturated rings. The van der Waals surface area contributed by atoms with E-state index < -0.39 is 0 Å². The van der Waals surface area contributed by atoms with E-state index in [4.69, 9.17) is 18.9 Å². The summed E-state index contributed by atoms with van der Waals surface area (Å²) in [7, 11) is 0. The summed E-state index contributed by atoms with van der Waals surface area (Å²) in [6.45, 7) is 15.5. The van der Waals surface area contributed by atoms with Crippen LogP contribution < -0.4 is 0 Å². The quantitative estimate of drug-likeness (QED) is 0.353. The molecule has 0 aliphatic carbocycles. The molecule has 0 bridgehead atoms. The highest BCUT2D eigenvalue weighted by Crippen LogP contribution is 2.42. The van der Waals surface area contributed by atoms with Crippen molar-refractivity contribution in [2.45, 2.75) is 77.0 Å². The minimum atomic E-state index is -0.243. The van der Waals surface area contributed by atoms with Gasteiger partial charge in [0.2, 0.25) is 0 Å². The van der Waals surface area contributed by atoms with Crippen molar-refractivity contribution in [3.05, 3.63) is 66.2 Å². The minimum absolute atomic E-state index is 0.0231. The molecule has 2 aliphatic rings. The predicted molar refractivity (Wildman–Crippen MR) is 147 cm³/mol. The summed E-state index contributed by atoms with van der Waals surface area (Å²) >= 11 is 1.83. The molecule has 0 saturated carbocycles. The number of ether oxygens (including phenoxy) is 4. The van der Waals surface area contributed by atoms with Gasteiger partial charge in [-0.15, -0.1) is 0 Å². The Morgan fingerprint density at radius 2 is 1.22 bits per heavy atom. The number of benzene rings is 2. The molecule has 0 N–H and O–H groups in total. The van der Waals surface area contributed by atoms with Gasteiger partial charge >= 0.3 is 0 Å². The lowest BCUT2D eigenvalue weighted by atomic mass is 9.79. The monoisotopic (exact) mass is 512 g/mol. The minimum Gasteiger partial charge on any atom is -0.374 e. The van der Waals surface area contributed by atoms with Gasteiger partial charge in [0, 0.05) is 10.8 Å². The Balaban J connectivity index is 1.33. The Kier molecular flexibility index (Phi) is 9.93. The lowest BCUT2D eigenvalue weighted by Crippen LogP contribution is -2.50. The summed E-state index contributed by atoms with van der Waals surface area (Å²) < 4.78 is 25.7. The van der Waals surface area contributed by atoms with Gasteiger partial charge in [0.05, 0.1) is 32.0 Å². The Labute approximate surface area is 222 Å². The zero-order valence-electron chi connectivity index (χ0n) is 22.7. The van der Waals surface area contributed by atoms with Crippen LogP contribution in [0.2, 0.25) is 0 Å². The molecule has 0 radical (unpaired) electrons. The Morgan fingerprint density at radius 3 is 1.89 bits per heavy atom. The predicted octanol–water partition coefficient (Wildman–Crippen LogP) is 7.28. The van der Waals surface area contributed by atoms with E-state index in [0.29, 0.717) is 55.3 Å². The van der Waals surface area contributed by atoms with Crippen molar-refractivity contribution in [1.82, 2.24) is 0 Å². The van der Waals surface area contributed by atoms with E-state index in [2.05, 4.69) is 84.0 Å². The molecule has 2 aliphatic heterocycles. The van der Waals surface area contributed by atoms with Gasteiger partial charge in [-0.1, -0.05) is 102 Å². The van der Waals surface area contributed by atoms with Crippen LogP contribution in [-0.2, 0) is 25.6 Å². The lowest BCUT2D eigenvalue weighted by Gasteiger charge is -2.46. The van der Waals surface area contributed by atoms with Gasteiger partial charge in [-0.3, -0.25) is 0 Å². The van der Waals surface area contributed by atoms with E-state index in [-0.39, 0.29) is 23.9 Å². The second-order valence-electron chi connectivity index (χ2n) is 11.0. The summed E-state index contributed by atoms with van der Waals surface area (Å²) in [6, 6.07) is 20.9. The van der Waals surface area contributed by atoms with Crippen LogP contribution >= 0.6 is 11.8 Å². The molecule has 5 heteroatoms. The molecule has 2 heterocycles. The average Bonchev–Trinajstić information content (AvgIpc) is 2.90. The van der Waals surface area contributed by atoms with Gasteiger partial charge in [0.1, 0.15) is 5.44 Å². The summed E-state index contributed by atoms with van der Waals surface area (Å²) in [4.78, 5) is 1.25. The van der Waals surface area contributed by atoms with Gasteiger partial charge in [-0.2, -0.15) is 0 Å². The first kappa shape index (κ1) is 27.7. The largest absolute Gasteiger partial charge is 0.374 e. The average molecular weight is 513 g/mol. The second-order valence-corrected chi connectivity index (χ2v) is 12.2. The molecule has 4 unspecified atom stereocenters. The van der Waals surface area contributed by atoms with Crippen molar-refractivity contribution in [2.75, 3.05) is 13.2 Å². The highest BCUT2D eigenvalue weighted by molar-refractivity contribution is 7.99. The van der Waals surface area contributed by atoms with Gasteiger partial charge in [-0.05, 0) is 47.3 Å². The summed E-state index contributed by atoms with van der Waals surface area (Å²) in [6.07, 6.45) is -0.169. The zero-order valence-corrected chi connectivity index (χ0v) is 23.5. The van der Waals surface area contributed by atoms with Gasteiger partial charge in [-0.25, -0.2) is 0 Å². The molecular formula is C31H44O4S.